The summed E-state index contributed by atoms with van der Waals surface area (Å²) >= 11 is 1.47. The summed E-state index contributed by atoms with van der Waals surface area (Å²) in [5.74, 6) is -0.635. The van der Waals surface area contributed by atoms with E-state index in [2.05, 4.69) is 10.6 Å². The fourth-order valence-electron chi connectivity index (χ4n) is 3.81. The van der Waals surface area contributed by atoms with Gasteiger partial charge in [0.05, 0.1) is 17.3 Å². The molecule has 1 atom stereocenters. The average Bonchev–Trinajstić information content (AvgIpc) is 3.28. The average molecular weight is 375 g/mol. The minimum atomic E-state index is -0.509. The molecule has 0 aromatic carbocycles. The van der Waals surface area contributed by atoms with Gasteiger partial charge in [-0.15, -0.1) is 11.3 Å². The van der Waals surface area contributed by atoms with Crippen LogP contribution in [-0.4, -0.2) is 42.0 Å². The van der Waals surface area contributed by atoms with E-state index in [1.165, 1.54) is 22.7 Å². The number of thiophene rings is 1. The van der Waals surface area contributed by atoms with Gasteiger partial charge in [0.25, 0.3) is 0 Å². The molecular weight excluding hydrogens is 354 g/mol. The Labute approximate surface area is 155 Å². The lowest BCUT2D eigenvalue weighted by atomic mass is 9.95. The lowest BCUT2D eigenvalue weighted by Gasteiger charge is -2.32. The van der Waals surface area contributed by atoms with Crippen molar-refractivity contribution < 1.29 is 19.1 Å². The van der Waals surface area contributed by atoms with Crippen LogP contribution in [0.1, 0.15) is 43.0 Å². The van der Waals surface area contributed by atoms with Gasteiger partial charge in [0.1, 0.15) is 13.2 Å². The van der Waals surface area contributed by atoms with E-state index in [4.69, 9.17) is 4.74 Å². The number of rotatable bonds is 4. The zero-order valence-electron chi connectivity index (χ0n) is 14.3. The predicted molar refractivity (Wildman–Crippen MR) is 95.3 cm³/mol. The second-order valence-electron chi connectivity index (χ2n) is 6.82. The van der Waals surface area contributed by atoms with E-state index in [1.807, 2.05) is 17.5 Å². The highest BCUT2D eigenvalue weighted by molar-refractivity contribution is 7.10. The van der Waals surface area contributed by atoms with E-state index >= 15 is 0 Å². The maximum absolute atomic E-state index is 12.6. The summed E-state index contributed by atoms with van der Waals surface area (Å²) in [6.07, 6.45) is 5.41. The minimum absolute atomic E-state index is 0.0279. The molecule has 26 heavy (non-hydrogen) atoms. The number of carbonyl (C=O) groups excluding carboxylic acids is 3. The number of hydrogen-bond donors (Lipinski definition) is 2. The topological polar surface area (TPSA) is 87.7 Å². The molecule has 2 aliphatic heterocycles. The van der Waals surface area contributed by atoms with Gasteiger partial charge in [-0.1, -0.05) is 25.3 Å². The first-order chi connectivity index (χ1) is 12.6. The fourth-order valence-corrected chi connectivity index (χ4v) is 4.60. The Morgan fingerprint density at radius 1 is 1.31 bits per heavy atom. The van der Waals surface area contributed by atoms with Crippen LogP contribution in [-0.2, 0) is 14.3 Å². The third-order valence-electron chi connectivity index (χ3n) is 5.10. The molecule has 0 bridgehead atoms. The summed E-state index contributed by atoms with van der Waals surface area (Å²) in [6, 6.07) is 3.04. The van der Waals surface area contributed by atoms with Gasteiger partial charge in [0, 0.05) is 10.9 Å². The highest BCUT2D eigenvalue weighted by Crippen LogP contribution is 2.36. The maximum Gasteiger partial charge on any atom is 0.338 e. The van der Waals surface area contributed by atoms with Crippen molar-refractivity contribution in [2.75, 3.05) is 13.2 Å². The summed E-state index contributed by atoms with van der Waals surface area (Å²) < 4.78 is 5.16. The zero-order chi connectivity index (χ0) is 18.1. The van der Waals surface area contributed by atoms with E-state index in [0.29, 0.717) is 11.3 Å². The van der Waals surface area contributed by atoms with Crippen LogP contribution in [0.25, 0.3) is 0 Å². The molecule has 1 aromatic rings. The second kappa shape index (κ2) is 7.11. The summed E-state index contributed by atoms with van der Waals surface area (Å²) in [5, 5.41) is 7.74. The largest absolute Gasteiger partial charge is 0.456 e. The lowest BCUT2D eigenvalue weighted by Crippen LogP contribution is -2.51. The van der Waals surface area contributed by atoms with Gasteiger partial charge in [-0.25, -0.2) is 9.59 Å². The molecule has 0 unspecified atom stereocenters. The van der Waals surface area contributed by atoms with Crippen LogP contribution in [0.3, 0.4) is 0 Å². The molecule has 0 spiro atoms. The van der Waals surface area contributed by atoms with Crippen molar-refractivity contribution >= 4 is 29.2 Å². The molecule has 1 saturated carbocycles. The number of nitrogens with zero attached hydrogens (tertiary/aromatic N) is 1. The number of amides is 3. The van der Waals surface area contributed by atoms with Crippen molar-refractivity contribution in [2.24, 2.45) is 0 Å². The van der Waals surface area contributed by atoms with Crippen molar-refractivity contribution in [2.45, 2.75) is 44.2 Å². The molecule has 0 radical (unpaired) electrons. The third-order valence-corrected chi connectivity index (χ3v) is 6.04. The monoisotopic (exact) mass is 375 g/mol. The molecule has 8 heteroatoms. The molecule has 2 N–H and O–H groups in total. The van der Waals surface area contributed by atoms with Crippen molar-refractivity contribution in [3.05, 3.63) is 33.7 Å². The van der Waals surface area contributed by atoms with Gasteiger partial charge in [-0.2, -0.15) is 0 Å². The van der Waals surface area contributed by atoms with Gasteiger partial charge >= 0.3 is 12.0 Å². The van der Waals surface area contributed by atoms with Crippen LogP contribution in [0.2, 0.25) is 0 Å². The normalized spacial score (nSPS) is 23.5. The number of ether oxygens (including phenoxy) is 1. The Balaban J connectivity index is 1.52. The first-order valence-corrected chi connectivity index (χ1v) is 9.82. The minimum Gasteiger partial charge on any atom is -0.456 e. The number of carbonyl (C=O) groups is 3. The summed E-state index contributed by atoms with van der Waals surface area (Å²) in [5.41, 5.74) is 0.925. The highest BCUT2D eigenvalue weighted by Gasteiger charge is 2.43. The molecule has 4 rings (SSSR count). The van der Waals surface area contributed by atoms with Crippen molar-refractivity contribution in [3.63, 3.8) is 0 Å². The van der Waals surface area contributed by atoms with E-state index in [-0.39, 0.29) is 31.1 Å². The van der Waals surface area contributed by atoms with E-state index in [1.54, 1.807) is 0 Å². The van der Waals surface area contributed by atoms with Gasteiger partial charge in [0.2, 0.25) is 5.91 Å². The van der Waals surface area contributed by atoms with Crippen LogP contribution in [0.15, 0.2) is 28.8 Å². The molecule has 1 fully saturated rings. The second-order valence-corrected chi connectivity index (χ2v) is 7.80. The summed E-state index contributed by atoms with van der Waals surface area (Å²) in [6.45, 7) is -0.0743. The third kappa shape index (κ3) is 3.21. The Kier molecular flexibility index (Phi) is 4.67. The lowest BCUT2D eigenvalue weighted by molar-refractivity contribution is -0.136. The predicted octanol–water partition coefficient (Wildman–Crippen LogP) is 2.07. The van der Waals surface area contributed by atoms with Gasteiger partial charge in [0.15, 0.2) is 0 Å². The first kappa shape index (κ1) is 17.1. The smallest absolute Gasteiger partial charge is 0.338 e. The molecule has 1 aromatic heterocycles. The molecule has 3 aliphatic rings. The number of esters is 1. The van der Waals surface area contributed by atoms with Gasteiger partial charge in [-0.3, -0.25) is 9.69 Å². The zero-order valence-corrected chi connectivity index (χ0v) is 15.1. The molecular formula is C18H21N3O4S. The van der Waals surface area contributed by atoms with Crippen LogP contribution >= 0.6 is 11.3 Å². The van der Waals surface area contributed by atoms with Gasteiger partial charge < -0.3 is 15.4 Å². The quantitative estimate of drug-likeness (QED) is 0.789. The van der Waals surface area contributed by atoms with Crippen LogP contribution in [0.4, 0.5) is 4.79 Å². The molecule has 138 valence electrons. The first-order valence-electron chi connectivity index (χ1n) is 8.94. The van der Waals surface area contributed by atoms with Crippen LogP contribution in [0, 0.1) is 0 Å². The number of cyclic esters (lactones) is 1. The maximum atomic E-state index is 12.6. The van der Waals surface area contributed by atoms with Crippen molar-refractivity contribution in [3.8, 4) is 0 Å². The Bertz CT molecular complexity index is 752. The molecule has 7 nitrogen and oxygen atoms in total. The number of urea groups is 1. The van der Waals surface area contributed by atoms with Gasteiger partial charge in [-0.05, 0) is 24.3 Å². The number of nitrogens with one attached hydrogen (secondary N) is 2. The standard InChI is InChI=1S/C18H21N3O4S/c22-14(19-11-5-2-1-3-6-11)9-21-12-10-25-17(23)15(12)16(20-18(21)24)13-7-4-8-26-13/h4,7-8,11,16H,1-3,5-6,9-10H2,(H,19,22)(H,20,24)/t16-/m1/s1. The fraction of sp³-hybridized carbons (Fsp3) is 0.500. The Morgan fingerprint density at radius 3 is 2.85 bits per heavy atom. The summed E-state index contributed by atoms with van der Waals surface area (Å²) in [4.78, 5) is 39.5. The highest BCUT2D eigenvalue weighted by atomic mass is 32.1. The SMILES string of the molecule is O=C(CN1C(=O)N[C@H](c2cccs2)C2=C1COC2=O)NC1CCCCC1. The van der Waals surface area contributed by atoms with E-state index in [0.717, 1.165) is 30.6 Å². The van der Waals surface area contributed by atoms with E-state index in [9.17, 15) is 14.4 Å². The summed E-state index contributed by atoms with van der Waals surface area (Å²) in [7, 11) is 0. The molecule has 3 heterocycles. The molecule has 0 saturated heterocycles. The van der Waals surface area contributed by atoms with Crippen LogP contribution in [0.5, 0.6) is 0 Å². The van der Waals surface area contributed by atoms with E-state index < -0.39 is 12.0 Å². The van der Waals surface area contributed by atoms with Crippen LogP contribution < -0.4 is 10.6 Å². The molecule has 1 aliphatic carbocycles. The Morgan fingerprint density at radius 2 is 2.12 bits per heavy atom. The van der Waals surface area contributed by atoms with Crippen molar-refractivity contribution in [1.29, 1.82) is 0 Å². The van der Waals surface area contributed by atoms with Crippen molar-refractivity contribution in [1.82, 2.24) is 15.5 Å². The number of hydrogen-bond acceptors (Lipinski definition) is 5. The molecule has 3 amide bonds. The Hall–Kier alpha value is -2.35.